The fraction of sp³-hybridized carbons (Fsp3) is 0.500. The topological polar surface area (TPSA) is 66.7 Å². The quantitative estimate of drug-likeness (QED) is 0.764. The molecule has 154 valence electrons. The highest BCUT2D eigenvalue weighted by molar-refractivity contribution is 7.89. The van der Waals surface area contributed by atoms with Crippen molar-refractivity contribution in [1.29, 1.82) is 0 Å². The van der Waals surface area contributed by atoms with E-state index < -0.39 is 21.8 Å². The summed E-state index contributed by atoms with van der Waals surface area (Å²) in [5, 5.41) is 3.72. The molecule has 1 saturated heterocycles. The first-order valence-electron chi connectivity index (χ1n) is 8.90. The zero-order valence-electron chi connectivity index (χ0n) is 15.7. The maximum Gasteiger partial charge on any atom is 0.416 e. The normalized spacial score (nSPS) is 17.6. The molecule has 0 amide bonds. The predicted molar refractivity (Wildman–Crippen MR) is 96.1 cm³/mol. The number of hydrogen-bond donors (Lipinski definition) is 0. The van der Waals surface area contributed by atoms with Crippen molar-refractivity contribution in [3.8, 4) is 0 Å². The highest BCUT2D eigenvalue weighted by Crippen LogP contribution is 2.30. The van der Waals surface area contributed by atoms with Gasteiger partial charge in [0.05, 0.1) is 5.56 Å². The Morgan fingerprint density at radius 3 is 2.54 bits per heavy atom. The van der Waals surface area contributed by atoms with Crippen molar-refractivity contribution in [3.63, 3.8) is 0 Å². The molecule has 1 aromatic carbocycles. The van der Waals surface area contributed by atoms with Crippen LogP contribution in [0.25, 0.3) is 0 Å². The molecule has 1 aromatic heterocycles. The number of rotatable bonds is 4. The van der Waals surface area contributed by atoms with Crippen LogP contribution in [0.1, 0.15) is 29.0 Å². The van der Waals surface area contributed by atoms with Gasteiger partial charge in [0.15, 0.2) is 5.76 Å². The molecular weight excluding hydrogens is 395 g/mol. The molecule has 0 saturated carbocycles. The molecule has 28 heavy (non-hydrogen) atoms. The average molecular weight is 417 g/mol. The van der Waals surface area contributed by atoms with Crippen molar-refractivity contribution in [2.45, 2.75) is 37.9 Å². The van der Waals surface area contributed by atoms with Crippen LogP contribution in [0.3, 0.4) is 0 Å². The van der Waals surface area contributed by atoms with Crippen LogP contribution in [0.4, 0.5) is 13.2 Å². The summed E-state index contributed by atoms with van der Waals surface area (Å²) in [6.07, 6.45) is -3.80. The number of sulfonamides is 1. The molecule has 3 rings (SSSR count). The molecule has 1 aliphatic rings. The molecule has 6 nitrogen and oxygen atoms in total. The average Bonchev–Trinajstić information content (AvgIpc) is 2.81. The fourth-order valence-electron chi connectivity index (χ4n) is 3.42. The first kappa shape index (κ1) is 20.8. The van der Waals surface area contributed by atoms with Gasteiger partial charge in [0.2, 0.25) is 10.0 Å². The van der Waals surface area contributed by atoms with E-state index in [9.17, 15) is 21.6 Å². The molecule has 0 aliphatic carbocycles. The van der Waals surface area contributed by atoms with Gasteiger partial charge in [-0.2, -0.15) is 17.5 Å². The van der Waals surface area contributed by atoms with Crippen molar-refractivity contribution in [1.82, 2.24) is 14.4 Å². The summed E-state index contributed by atoms with van der Waals surface area (Å²) >= 11 is 0. The van der Waals surface area contributed by atoms with Gasteiger partial charge < -0.3 is 4.52 Å². The lowest BCUT2D eigenvalue weighted by Crippen LogP contribution is -2.35. The second kappa shape index (κ2) is 7.84. The van der Waals surface area contributed by atoms with E-state index >= 15 is 0 Å². The van der Waals surface area contributed by atoms with E-state index in [0.29, 0.717) is 43.9 Å². The highest BCUT2D eigenvalue weighted by Gasteiger charge is 2.33. The summed E-state index contributed by atoms with van der Waals surface area (Å²) < 4.78 is 71.0. The van der Waals surface area contributed by atoms with Crippen LogP contribution < -0.4 is 0 Å². The van der Waals surface area contributed by atoms with Gasteiger partial charge in [-0.15, -0.1) is 0 Å². The number of hydrogen-bond acceptors (Lipinski definition) is 5. The Morgan fingerprint density at radius 2 is 1.89 bits per heavy atom. The maximum absolute atomic E-state index is 12.9. The molecule has 10 heteroatoms. The molecule has 0 N–H and O–H groups in total. The third kappa shape index (κ3) is 4.39. The zero-order valence-corrected chi connectivity index (χ0v) is 16.5. The minimum atomic E-state index is -4.38. The monoisotopic (exact) mass is 417 g/mol. The molecule has 0 atom stereocenters. The number of benzene rings is 1. The van der Waals surface area contributed by atoms with Crippen LogP contribution in [0.2, 0.25) is 0 Å². The zero-order chi connectivity index (χ0) is 20.5. The van der Waals surface area contributed by atoms with Gasteiger partial charge >= 0.3 is 6.18 Å². The van der Waals surface area contributed by atoms with E-state index in [1.54, 1.807) is 19.9 Å². The molecule has 0 radical (unpaired) electrons. The summed E-state index contributed by atoms with van der Waals surface area (Å²) in [6, 6.07) is 5.23. The van der Waals surface area contributed by atoms with Crippen molar-refractivity contribution >= 4 is 10.0 Å². The smallest absolute Gasteiger partial charge is 0.360 e. The third-order valence-electron chi connectivity index (χ3n) is 4.77. The van der Waals surface area contributed by atoms with Gasteiger partial charge in [0.25, 0.3) is 0 Å². The summed E-state index contributed by atoms with van der Waals surface area (Å²) in [4.78, 5) is 2.07. The van der Waals surface area contributed by atoms with E-state index in [2.05, 4.69) is 5.16 Å². The van der Waals surface area contributed by atoms with Crippen LogP contribution in [-0.4, -0.2) is 49.0 Å². The number of nitrogens with zero attached hydrogens (tertiary/aromatic N) is 3. The molecule has 1 fully saturated rings. The molecule has 0 spiro atoms. The Bertz CT molecular complexity index is 922. The minimum Gasteiger partial charge on any atom is -0.360 e. The molecule has 1 aliphatic heterocycles. The standard InChI is InChI=1S/C18H22F3N3O3S/c1-13-17(14(2)27-22-13)28(25,26)24-8-4-7-23(9-10-24)12-15-5-3-6-16(11-15)18(19,20)21/h3,5-6,11H,4,7-10,12H2,1-2H3. The van der Waals surface area contributed by atoms with Crippen LogP contribution >= 0.6 is 0 Å². The number of aryl methyl sites for hydroxylation is 2. The van der Waals surface area contributed by atoms with Crippen LogP contribution in [0, 0.1) is 13.8 Å². The van der Waals surface area contributed by atoms with Crippen molar-refractivity contribution in [2.24, 2.45) is 0 Å². The Morgan fingerprint density at radius 1 is 1.14 bits per heavy atom. The fourth-order valence-corrected chi connectivity index (χ4v) is 5.18. The maximum atomic E-state index is 12.9. The summed E-state index contributed by atoms with van der Waals surface area (Å²) in [5.41, 5.74) is 0.196. The second-order valence-corrected chi connectivity index (χ2v) is 8.76. The lowest BCUT2D eigenvalue weighted by molar-refractivity contribution is -0.137. The van der Waals surface area contributed by atoms with Gasteiger partial charge in [-0.1, -0.05) is 23.4 Å². The first-order chi connectivity index (χ1) is 13.1. The second-order valence-electron chi connectivity index (χ2n) is 6.89. The molecule has 0 bridgehead atoms. The molecule has 0 unspecified atom stereocenters. The lowest BCUT2D eigenvalue weighted by atomic mass is 10.1. The van der Waals surface area contributed by atoms with Crippen molar-refractivity contribution in [3.05, 3.63) is 46.8 Å². The molecule has 2 aromatic rings. The number of halogens is 3. The summed E-state index contributed by atoms with van der Waals surface area (Å²) in [7, 11) is -3.72. The van der Waals surface area contributed by atoms with Gasteiger partial charge in [-0.05, 0) is 38.4 Å². The highest BCUT2D eigenvalue weighted by atomic mass is 32.2. The first-order valence-corrected chi connectivity index (χ1v) is 10.3. The largest absolute Gasteiger partial charge is 0.416 e. The van der Waals surface area contributed by atoms with Crippen LogP contribution in [-0.2, 0) is 22.7 Å². The van der Waals surface area contributed by atoms with Crippen LogP contribution in [0.5, 0.6) is 0 Å². The van der Waals surface area contributed by atoms with E-state index in [1.807, 2.05) is 4.90 Å². The minimum absolute atomic E-state index is 0.0961. The van der Waals surface area contributed by atoms with Gasteiger partial charge in [0, 0.05) is 26.2 Å². The van der Waals surface area contributed by atoms with Crippen molar-refractivity contribution < 1.29 is 26.1 Å². The Labute approximate surface area is 162 Å². The Hall–Kier alpha value is -1.91. The van der Waals surface area contributed by atoms with E-state index in [-0.39, 0.29) is 17.2 Å². The Balaban J connectivity index is 1.71. The van der Waals surface area contributed by atoms with Gasteiger partial charge in [-0.25, -0.2) is 8.42 Å². The van der Waals surface area contributed by atoms with E-state index in [1.165, 1.54) is 10.4 Å². The van der Waals surface area contributed by atoms with Gasteiger partial charge in [0.1, 0.15) is 10.6 Å². The van der Waals surface area contributed by atoms with E-state index in [0.717, 1.165) is 12.1 Å². The Kier molecular flexibility index (Phi) is 5.83. The number of aromatic nitrogens is 1. The summed E-state index contributed by atoms with van der Waals surface area (Å²) in [6.45, 7) is 5.11. The third-order valence-corrected chi connectivity index (χ3v) is 6.92. The predicted octanol–water partition coefficient (Wildman–Crippen LogP) is 3.21. The molecular formula is C18H22F3N3O3S. The SMILES string of the molecule is Cc1noc(C)c1S(=O)(=O)N1CCCN(Cc2cccc(C(F)(F)F)c2)CC1. The summed E-state index contributed by atoms with van der Waals surface area (Å²) in [5.74, 6) is 0.252. The van der Waals surface area contributed by atoms with Crippen molar-refractivity contribution in [2.75, 3.05) is 26.2 Å². The van der Waals surface area contributed by atoms with Crippen LogP contribution in [0.15, 0.2) is 33.7 Å². The number of alkyl halides is 3. The lowest BCUT2D eigenvalue weighted by Gasteiger charge is -2.22. The van der Waals surface area contributed by atoms with E-state index in [4.69, 9.17) is 4.52 Å². The molecule has 2 heterocycles. The van der Waals surface area contributed by atoms with Gasteiger partial charge in [-0.3, -0.25) is 4.90 Å².